The van der Waals surface area contributed by atoms with Crippen LogP contribution in [0.25, 0.3) is 0 Å². The minimum atomic E-state index is 0.0552. The van der Waals surface area contributed by atoms with E-state index in [0.29, 0.717) is 10.7 Å². The van der Waals surface area contributed by atoms with Crippen LogP contribution in [0.5, 0.6) is 0 Å². The first-order valence-electron chi connectivity index (χ1n) is 6.30. The Labute approximate surface area is 119 Å². The molecule has 0 unspecified atom stereocenters. The summed E-state index contributed by atoms with van der Waals surface area (Å²) in [5.74, 6) is 0. The minimum Gasteiger partial charge on any atom is -0.397 e. The van der Waals surface area contributed by atoms with Crippen LogP contribution in [0.15, 0.2) is 42.5 Å². The lowest BCUT2D eigenvalue weighted by atomic mass is 9.86. The average molecular weight is 275 g/mol. The van der Waals surface area contributed by atoms with E-state index >= 15 is 0 Å². The van der Waals surface area contributed by atoms with Crippen molar-refractivity contribution < 1.29 is 0 Å². The highest BCUT2D eigenvalue weighted by Crippen LogP contribution is 2.35. The van der Waals surface area contributed by atoms with Crippen molar-refractivity contribution in [3.8, 4) is 0 Å². The summed E-state index contributed by atoms with van der Waals surface area (Å²) < 4.78 is 0. The molecule has 3 heteroatoms. The Hall–Kier alpha value is -1.67. The highest BCUT2D eigenvalue weighted by atomic mass is 35.5. The summed E-state index contributed by atoms with van der Waals surface area (Å²) in [5.41, 5.74) is 9.72. The van der Waals surface area contributed by atoms with Gasteiger partial charge < -0.3 is 11.1 Å². The molecule has 2 rings (SSSR count). The Balaban J connectivity index is 2.45. The van der Waals surface area contributed by atoms with E-state index < -0.39 is 0 Å². The molecule has 2 nitrogen and oxygen atoms in total. The maximum Gasteiger partial charge on any atom is 0.0807 e. The summed E-state index contributed by atoms with van der Waals surface area (Å²) in [5, 5.41) is 3.99. The molecule has 3 N–H and O–H groups in total. The standard InChI is InChI=1S/C16H19ClN2/c1-16(2,3)11-7-4-5-10-14(11)19-15-12(17)8-6-9-13(15)18/h4-10,19H,18H2,1-3H3. The number of nitrogens with two attached hydrogens (primary N) is 1. The average Bonchev–Trinajstić information content (AvgIpc) is 2.33. The number of benzene rings is 2. The Morgan fingerprint density at radius 2 is 1.68 bits per heavy atom. The Morgan fingerprint density at radius 1 is 1.00 bits per heavy atom. The van der Waals surface area contributed by atoms with E-state index in [1.54, 1.807) is 0 Å². The molecule has 100 valence electrons. The number of nitrogens with one attached hydrogen (secondary N) is 1. The van der Waals surface area contributed by atoms with Crippen molar-refractivity contribution in [1.29, 1.82) is 0 Å². The van der Waals surface area contributed by atoms with Crippen molar-refractivity contribution in [2.75, 3.05) is 11.1 Å². The van der Waals surface area contributed by atoms with E-state index in [-0.39, 0.29) is 5.41 Å². The predicted octanol–water partition coefficient (Wildman–Crippen LogP) is 4.96. The van der Waals surface area contributed by atoms with Crippen LogP contribution in [-0.4, -0.2) is 0 Å². The molecule has 0 radical (unpaired) electrons. The van der Waals surface area contributed by atoms with Gasteiger partial charge in [-0.3, -0.25) is 0 Å². The largest absolute Gasteiger partial charge is 0.397 e. The molecule has 2 aromatic carbocycles. The first-order chi connectivity index (χ1) is 8.89. The quantitative estimate of drug-likeness (QED) is 0.759. The number of nitrogen functional groups attached to an aromatic ring is 1. The zero-order valence-electron chi connectivity index (χ0n) is 11.5. The van der Waals surface area contributed by atoms with Gasteiger partial charge in [-0.05, 0) is 29.2 Å². The van der Waals surface area contributed by atoms with Crippen LogP contribution in [0, 0.1) is 0 Å². The zero-order chi connectivity index (χ0) is 14.0. The molecule has 0 amide bonds. The van der Waals surface area contributed by atoms with Crippen LogP contribution in [0.2, 0.25) is 5.02 Å². The second kappa shape index (κ2) is 5.14. The van der Waals surface area contributed by atoms with Gasteiger partial charge in [0.25, 0.3) is 0 Å². The van der Waals surface area contributed by atoms with Gasteiger partial charge in [-0.1, -0.05) is 56.6 Å². The third-order valence-corrected chi connectivity index (χ3v) is 3.36. The molecule has 0 fully saturated rings. The fourth-order valence-electron chi connectivity index (χ4n) is 2.05. The van der Waals surface area contributed by atoms with Crippen molar-refractivity contribution in [3.63, 3.8) is 0 Å². The molecule has 0 atom stereocenters. The summed E-state index contributed by atoms with van der Waals surface area (Å²) in [6.45, 7) is 6.55. The highest BCUT2D eigenvalue weighted by molar-refractivity contribution is 6.34. The van der Waals surface area contributed by atoms with Crippen LogP contribution in [0.4, 0.5) is 17.1 Å². The van der Waals surface area contributed by atoms with E-state index in [0.717, 1.165) is 11.4 Å². The van der Waals surface area contributed by atoms with Crippen LogP contribution in [0.1, 0.15) is 26.3 Å². The van der Waals surface area contributed by atoms with Gasteiger partial charge in [0.05, 0.1) is 16.4 Å². The van der Waals surface area contributed by atoms with Crippen molar-refractivity contribution >= 4 is 28.7 Å². The first-order valence-corrected chi connectivity index (χ1v) is 6.68. The van der Waals surface area contributed by atoms with Crippen LogP contribution < -0.4 is 11.1 Å². The van der Waals surface area contributed by atoms with Crippen molar-refractivity contribution in [2.24, 2.45) is 0 Å². The van der Waals surface area contributed by atoms with E-state index in [1.165, 1.54) is 5.56 Å². The number of para-hydroxylation sites is 2. The summed E-state index contributed by atoms with van der Waals surface area (Å²) in [6.07, 6.45) is 0. The number of anilines is 3. The molecular formula is C16H19ClN2. The summed E-state index contributed by atoms with van der Waals surface area (Å²) in [7, 11) is 0. The van der Waals surface area contributed by atoms with Gasteiger partial charge >= 0.3 is 0 Å². The number of hydrogen-bond donors (Lipinski definition) is 2. The van der Waals surface area contributed by atoms with Crippen LogP contribution in [-0.2, 0) is 5.41 Å². The SMILES string of the molecule is CC(C)(C)c1ccccc1Nc1c(N)cccc1Cl. The highest BCUT2D eigenvalue weighted by Gasteiger charge is 2.18. The Bertz CT molecular complexity index is 565. The van der Waals surface area contributed by atoms with Crippen LogP contribution >= 0.6 is 11.6 Å². The van der Waals surface area contributed by atoms with Gasteiger partial charge in [0.15, 0.2) is 0 Å². The lowest BCUT2D eigenvalue weighted by Gasteiger charge is -2.24. The maximum atomic E-state index is 6.20. The lowest BCUT2D eigenvalue weighted by molar-refractivity contribution is 0.592. The van der Waals surface area contributed by atoms with Gasteiger partial charge in [-0.25, -0.2) is 0 Å². The normalized spacial score (nSPS) is 11.4. The maximum absolute atomic E-state index is 6.20. The summed E-state index contributed by atoms with van der Waals surface area (Å²) in [6, 6.07) is 13.7. The predicted molar refractivity (Wildman–Crippen MR) is 84.3 cm³/mol. The Kier molecular flexibility index (Phi) is 3.72. The van der Waals surface area contributed by atoms with Crippen LogP contribution in [0.3, 0.4) is 0 Å². The van der Waals surface area contributed by atoms with Gasteiger partial charge in [-0.2, -0.15) is 0 Å². The van der Waals surface area contributed by atoms with Crippen molar-refractivity contribution in [2.45, 2.75) is 26.2 Å². The van der Waals surface area contributed by atoms with Gasteiger partial charge in [0.1, 0.15) is 0 Å². The van der Waals surface area contributed by atoms with E-state index in [2.05, 4.69) is 32.2 Å². The molecular weight excluding hydrogens is 256 g/mol. The molecule has 2 aromatic rings. The summed E-state index contributed by atoms with van der Waals surface area (Å²) >= 11 is 6.20. The molecule has 19 heavy (non-hydrogen) atoms. The zero-order valence-corrected chi connectivity index (χ0v) is 12.3. The monoisotopic (exact) mass is 274 g/mol. The van der Waals surface area contributed by atoms with Gasteiger partial charge in [0, 0.05) is 5.69 Å². The number of rotatable bonds is 2. The second-order valence-corrected chi connectivity index (χ2v) is 6.03. The fraction of sp³-hybridized carbons (Fsp3) is 0.250. The molecule has 0 aliphatic heterocycles. The third-order valence-electron chi connectivity index (χ3n) is 3.04. The van der Waals surface area contributed by atoms with Gasteiger partial charge in [0.2, 0.25) is 0 Å². The molecule has 0 aromatic heterocycles. The molecule has 0 aliphatic carbocycles. The molecule has 0 saturated heterocycles. The van der Waals surface area contributed by atoms with Gasteiger partial charge in [-0.15, -0.1) is 0 Å². The van der Waals surface area contributed by atoms with E-state index in [4.69, 9.17) is 17.3 Å². The molecule has 0 saturated carbocycles. The smallest absolute Gasteiger partial charge is 0.0807 e. The lowest BCUT2D eigenvalue weighted by Crippen LogP contribution is -2.13. The van der Waals surface area contributed by atoms with E-state index in [1.807, 2.05) is 36.4 Å². The second-order valence-electron chi connectivity index (χ2n) is 5.62. The minimum absolute atomic E-state index is 0.0552. The molecule has 0 spiro atoms. The molecule has 0 bridgehead atoms. The summed E-state index contributed by atoms with van der Waals surface area (Å²) in [4.78, 5) is 0. The number of halogens is 1. The van der Waals surface area contributed by atoms with Crippen molar-refractivity contribution in [3.05, 3.63) is 53.1 Å². The molecule has 0 heterocycles. The third kappa shape index (κ3) is 3.02. The molecule has 0 aliphatic rings. The number of hydrogen-bond acceptors (Lipinski definition) is 2. The van der Waals surface area contributed by atoms with Crippen molar-refractivity contribution in [1.82, 2.24) is 0 Å². The van der Waals surface area contributed by atoms with E-state index in [9.17, 15) is 0 Å². The fourth-order valence-corrected chi connectivity index (χ4v) is 2.28. The first kappa shape index (κ1) is 13.8. The topological polar surface area (TPSA) is 38.0 Å². The Morgan fingerprint density at radius 3 is 2.32 bits per heavy atom.